The van der Waals surface area contributed by atoms with E-state index in [2.05, 4.69) is 15.5 Å². The Bertz CT molecular complexity index is 974. The maximum absolute atomic E-state index is 12.0. The topological polar surface area (TPSA) is 64.7 Å². The number of benzene rings is 1. The molecular formula is C18H17Cl2N5O. The van der Waals surface area contributed by atoms with Crippen molar-refractivity contribution in [1.82, 2.24) is 19.6 Å². The molecule has 0 fully saturated rings. The molecule has 0 radical (unpaired) electrons. The number of amides is 1. The van der Waals surface area contributed by atoms with E-state index in [1.54, 1.807) is 33.8 Å². The molecule has 2 heterocycles. The van der Waals surface area contributed by atoms with Gasteiger partial charge in [-0.2, -0.15) is 10.2 Å². The van der Waals surface area contributed by atoms with E-state index in [1.807, 2.05) is 32.3 Å². The van der Waals surface area contributed by atoms with Gasteiger partial charge in [0.1, 0.15) is 0 Å². The quantitative estimate of drug-likeness (QED) is 0.672. The van der Waals surface area contributed by atoms with E-state index in [0.29, 0.717) is 22.4 Å². The van der Waals surface area contributed by atoms with Crippen molar-refractivity contribution in [2.45, 2.75) is 13.5 Å². The van der Waals surface area contributed by atoms with Crippen LogP contribution in [-0.4, -0.2) is 25.5 Å². The lowest BCUT2D eigenvalue weighted by Crippen LogP contribution is -2.09. The number of nitrogens with one attached hydrogen (secondary N) is 1. The Kier molecular flexibility index (Phi) is 5.44. The summed E-state index contributed by atoms with van der Waals surface area (Å²) in [6.07, 6.45) is 6.64. The lowest BCUT2D eigenvalue weighted by molar-refractivity contribution is -0.111. The first kappa shape index (κ1) is 18.2. The molecule has 1 amide bonds. The summed E-state index contributed by atoms with van der Waals surface area (Å²) < 4.78 is 3.46. The number of carbonyl (C=O) groups is 1. The van der Waals surface area contributed by atoms with Crippen molar-refractivity contribution in [3.8, 4) is 0 Å². The Morgan fingerprint density at radius 3 is 2.77 bits per heavy atom. The van der Waals surface area contributed by atoms with Crippen LogP contribution in [0.4, 0.5) is 5.82 Å². The number of carbonyl (C=O) groups excluding carboxylic acids is 1. The highest BCUT2D eigenvalue weighted by Crippen LogP contribution is 2.23. The van der Waals surface area contributed by atoms with Gasteiger partial charge in [-0.15, -0.1) is 0 Å². The minimum absolute atomic E-state index is 0.256. The number of anilines is 1. The largest absolute Gasteiger partial charge is 0.306 e. The number of nitrogens with zero attached hydrogens (tertiary/aromatic N) is 4. The zero-order valence-electron chi connectivity index (χ0n) is 14.3. The van der Waals surface area contributed by atoms with Crippen molar-refractivity contribution in [2.24, 2.45) is 7.05 Å². The van der Waals surface area contributed by atoms with Gasteiger partial charge in [-0.1, -0.05) is 29.3 Å². The Hall–Kier alpha value is -2.57. The molecule has 6 nitrogen and oxygen atoms in total. The SMILES string of the molecule is Cc1cc(NC(=O)/C=C/c2cnn(C)c2)nn1Cc1ccc(Cl)c(Cl)c1. The van der Waals surface area contributed by atoms with Crippen LogP contribution in [0.2, 0.25) is 10.0 Å². The van der Waals surface area contributed by atoms with Gasteiger partial charge in [-0.25, -0.2) is 0 Å². The third-order valence-corrected chi connectivity index (χ3v) is 4.44. The maximum Gasteiger partial charge on any atom is 0.249 e. The summed E-state index contributed by atoms with van der Waals surface area (Å²) in [5, 5.41) is 12.2. The summed E-state index contributed by atoms with van der Waals surface area (Å²) in [6.45, 7) is 2.45. The molecule has 1 aromatic carbocycles. The Balaban J connectivity index is 1.66. The Morgan fingerprint density at radius 2 is 2.08 bits per heavy atom. The van der Waals surface area contributed by atoms with Crippen molar-refractivity contribution in [1.29, 1.82) is 0 Å². The highest BCUT2D eigenvalue weighted by Gasteiger charge is 2.08. The van der Waals surface area contributed by atoms with Gasteiger partial charge in [-0.05, 0) is 30.7 Å². The van der Waals surface area contributed by atoms with Crippen LogP contribution in [0.1, 0.15) is 16.8 Å². The molecule has 0 atom stereocenters. The second kappa shape index (κ2) is 7.76. The smallest absolute Gasteiger partial charge is 0.249 e. The molecule has 2 aromatic heterocycles. The molecule has 134 valence electrons. The standard InChI is InChI=1S/C18H17Cl2N5O/c1-12-7-17(22-18(26)6-4-14-9-21-24(2)10-14)23-25(12)11-13-3-5-15(19)16(20)8-13/h3-10H,11H2,1-2H3,(H,22,23,26)/b6-4+. The van der Waals surface area contributed by atoms with Gasteiger partial charge >= 0.3 is 0 Å². The van der Waals surface area contributed by atoms with Crippen molar-refractivity contribution in [3.05, 3.63) is 69.6 Å². The van der Waals surface area contributed by atoms with Crippen molar-refractivity contribution in [2.75, 3.05) is 5.32 Å². The first-order chi connectivity index (χ1) is 12.4. The highest BCUT2D eigenvalue weighted by molar-refractivity contribution is 6.42. The monoisotopic (exact) mass is 389 g/mol. The Morgan fingerprint density at radius 1 is 1.27 bits per heavy atom. The average Bonchev–Trinajstić information content (AvgIpc) is 3.15. The minimum atomic E-state index is -0.256. The molecule has 26 heavy (non-hydrogen) atoms. The average molecular weight is 390 g/mol. The van der Waals surface area contributed by atoms with E-state index in [4.69, 9.17) is 23.2 Å². The number of rotatable bonds is 5. The fourth-order valence-electron chi connectivity index (χ4n) is 2.41. The van der Waals surface area contributed by atoms with E-state index in [-0.39, 0.29) is 5.91 Å². The number of aryl methyl sites for hydroxylation is 2. The number of halogens is 2. The third-order valence-electron chi connectivity index (χ3n) is 3.70. The van der Waals surface area contributed by atoms with Crippen LogP contribution in [-0.2, 0) is 18.4 Å². The van der Waals surface area contributed by atoms with Crippen LogP contribution in [0.3, 0.4) is 0 Å². The summed E-state index contributed by atoms with van der Waals surface area (Å²) >= 11 is 12.0. The molecule has 0 unspecified atom stereocenters. The minimum Gasteiger partial charge on any atom is -0.306 e. The maximum atomic E-state index is 12.0. The van der Waals surface area contributed by atoms with E-state index >= 15 is 0 Å². The lowest BCUT2D eigenvalue weighted by Gasteiger charge is -2.05. The second-order valence-corrected chi connectivity index (χ2v) is 6.66. The first-order valence-corrected chi connectivity index (χ1v) is 8.62. The van der Waals surface area contributed by atoms with E-state index < -0.39 is 0 Å². The van der Waals surface area contributed by atoms with Crippen LogP contribution in [0.15, 0.2) is 42.7 Å². The van der Waals surface area contributed by atoms with Crippen LogP contribution >= 0.6 is 23.2 Å². The first-order valence-electron chi connectivity index (χ1n) is 7.87. The Labute approximate surface area is 161 Å². The van der Waals surface area contributed by atoms with Crippen LogP contribution in [0, 0.1) is 6.92 Å². The van der Waals surface area contributed by atoms with Gasteiger partial charge in [0.05, 0.1) is 22.8 Å². The summed E-state index contributed by atoms with van der Waals surface area (Å²) in [5.41, 5.74) is 2.74. The van der Waals surface area contributed by atoms with Gasteiger partial charge < -0.3 is 5.32 Å². The molecule has 0 aliphatic carbocycles. The summed E-state index contributed by atoms with van der Waals surface area (Å²) in [6, 6.07) is 7.27. The van der Waals surface area contributed by atoms with Crippen LogP contribution in [0.5, 0.6) is 0 Å². The lowest BCUT2D eigenvalue weighted by atomic mass is 10.2. The predicted octanol–water partition coefficient (Wildman–Crippen LogP) is 3.93. The third kappa shape index (κ3) is 4.53. The normalized spacial score (nSPS) is 11.2. The van der Waals surface area contributed by atoms with Gasteiger partial charge in [0.2, 0.25) is 5.91 Å². The molecule has 1 N–H and O–H groups in total. The molecule has 0 spiro atoms. The van der Waals surface area contributed by atoms with Crippen LogP contribution in [0.25, 0.3) is 6.08 Å². The van der Waals surface area contributed by atoms with Crippen molar-refractivity contribution in [3.63, 3.8) is 0 Å². The summed E-state index contributed by atoms with van der Waals surface area (Å²) in [5.74, 6) is 0.233. The molecule has 0 aliphatic heterocycles. The molecule has 8 heteroatoms. The molecule has 0 bridgehead atoms. The number of aromatic nitrogens is 4. The fourth-order valence-corrected chi connectivity index (χ4v) is 2.73. The summed E-state index contributed by atoms with van der Waals surface area (Å²) in [4.78, 5) is 12.0. The number of hydrogen-bond acceptors (Lipinski definition) is 3. The van der Waals surface area contributed by atoms with E-state index in [9.17, 15) is 4.79 Å². The zero-order valence-corrected chi connectivity index (χ0v) is 15.8. The predicted molar refractivity (Wildman–Crippen MR) is 103 cm³/mol. The molecule has 0 saturated carbocycles. The van der Waals surface area contributed by atoms with E-state index in [1.165, 1.54) is 6.08 Å². The van der Waals surface area contributed by atoms with Crippen LogP contribution < -0.4 is 5.32 Å². The zero-order chi connectivity index (χ0) is 18.7. The van der Waals surface area contributed by atoms with Gasteiger partial charge in [-0.3, -0.25) is 14.2 Å². The van der Waals surface area contributed by atoms with Crippen molar-refractivity contribution < 1.29 is 4.79 Å². The fraction of sp³-hybridized carbons (Fsp3) is 0.167. The highest BCUT2D eigenvalue weighted by atomic mass is 35.5. The molecule has 3 aromatic rings. The number of hydrogen-bond donors (Lipinski definition) is 1. The second-order valence-electron chi connectivity index (χ2n) is 5.85. The van der Waals surface area contributed by atoms with E-state index in [0.717, 1.165) is 16.8 Å². The summed E-state index contributed by atoms with van der Waals surface area (Å²) in [7, 11) is 1.82. The van der Waals surface area contributed by atoms with Crippen molar-refractivity contribution >= 4 is 41.0 Å². The molecular weight excluding hydrogens is 373 g/mol. The molecule has 0 aliphatic rings. The van der Waals surface area contributed by atoms with Gasteiger partial charge in [0.15, 0.2) is 5.82 Å². The molecule has 3 rings (SSSR count). The molecule has 0 saturated heterocycles. The van der Waals surface area contributed by atoms with Gasteiger partial charge in [0, 0.05) is 36.6 Å². The van der Waals surface area contributed by atoms with Gasteiger partial charge in [0.25, 0.3) is 0 Å².